The van der Waals surface area contributed by atoms with E-state index < -0.39 is 6.10 Å². The summed E-state index contributed by atoms with van der Waals surface area (Å²) in [4.78, 5) is 2.09. The Morgan fingerprint density at radius 1 is 1.23 bits per heavy atom. The van der Waals surface area contributed by atoms with Gasteiger partial charge < -0.3 is 14.3 Å². The van der Waals surface area contributed by atoms with Crippen molar-refractivity contribution in [2.24, 2.45) is 0 Å². The molecule has 1 unspecified atom stereocenters. The van der Waals surface area contributed by atoms with Crippen molar-refractivity contribution in [1.82, 2.24) is 10.2 Å². The van der Waals surface area contributed by atoms with E-state index in [-0.39, 0.29) is 6.61 Å². The Bertz CT molecular complexity index is 667. The lowest BCUT2D eigenvalue weighted by Gasteiger charge is -2.08. The summed E-state index contributed by atoms with van der Waals surface area (Å²) in [6.07, 6.45) is -0.568. The fraction of sp³-hybridized carbons (Fsp3) is 0.286. The third-order valence-corrected chi connectivity index (χ3v) is 5.34. The van der Waals surface area contributed by atoms with Crippen LogP contribution in [0.3, 0.4) is 0 Å². The predicted molar refractivity (Wildman–Crippen MR) is 88.3 cm³/mol. The van der Waals surface area contributed by atoms with E-state index in [0.717, 1.165) is 9.75 Å². The zero-order chi connectivity index (χ0) is 15.2. The first-order valence-electron chi connectivity index (χ1n) is 6.59. The Morgan fingerprint density at radius 3 is 2.86 bits per heavy atom. The molecule has 0 fully saturated rings. The predicted octanol–water partition coefficient (Wildman–Crippen LogP) is 3.53. The van der Waals surface area contributed by atoms with Crippen molar-refractivity contribution in [2.45, 2.75) is 17.9 Å². The zero-order valence-corrected chi connectivity index (χ0v) is 14.0. The number of ether oxygens (including phenoxy) is 1. The molecule has 22 heavy (non-hydrogen) atoms. The van der Waals surface area contributed by atoms with Crippen LogP contribution in [0.1, 0.15) is 4.88 Å². The van der Waals surface area contributed by atoms with Crippen LogP contribution in [-0.4, -0.2) is 33.8 Å². The third kappa shape index (κ3) is 4.40. The van der Waals surface area contributed by atoms with Crippen molar-refractivity contribution < 1.29 is 14.3 Å². The molecule has 116 valence electrons. The van der Waals surface area contributed by atoms with Gasteiger partial charge in [-0.3, -0.25) is 0 Å². The first-order valence-corrected chi connectivity index (χ1v) is 9.34. The van der Waals surface area contributed by atoms with E-state index in [1.165, 1.54) is 11.8 Å². The highest BCUT2D eigenvalue weighted by molar-refractivity contribution is 7.99. The molecule has 3 heterocycles. The van der Waals surface area contributed by atoms with Crippen LogP contribution in [0.4, 0.5) is 0 Å². The average Bonchev–Trinajstić information content (AvgIpc) is 3.26. The van der Waals surface area contributed by atoms with E-state index in [2.05, 4.69) is 10.2 Å². The Labute approximate surface area is 140 Å². The zero-order valence-electron chi connectivity index (χ0n) is 11.5. The smallest absolute Gasteiger partial charge is 0.276 e. The van der Waals surface area contributed by atoms with Crippen molar-refractivity contribution in [3.05, 3.63) is 39.9 Å². The van der Waals surface area contributed by atoms with Crippen molar-refractivity contribution in [3.8, 4) is 10.8 Å². The number of nitrogens with zero attached hydrogens (tertiary/aromatic N) is 2. The summed E-state index contributed by atoms with van der Waals surface area (Å²) in [6.45, 7) is 0.819. The molecule has 0 radical (unpaired) electrons. The Kier molecular flexibility index (Phi) is 5.63. The van der Waals surface area contributed by atoms with Crippen LogP contribution in [0.2, 0.25) is 0 Å². The van der Waals surface area contributed by atoms with Crippen LogP contribution in [0.15, 0.2) is 44.7 Å². The molecule has 5 nitrogen and oxygen atoms in total. The summed E-state index contributed by atoms with van der Waals surface area (Å²) in [7, 11) is 0. The number of aliphatic hydroxyl groups is 1. The normalized spacial score (nSPS) is 12.6. The number of rotatable bonds is 8. The lowest BCUT2D eigenvalue weighted by atomic mass is 10.4. The fourth-order valence-corrected chi connectivity index (χ4v) is 3.63. The molecule has 0 amide bonds. The summed E-state index contributed by atoms with van der Waals surface area (Å²) in [5.74, 6) is 0.970. The van der Waals surface area contributed by atoms with Gasteiger partial charge in [-0.25, -0.2) is 0 Å². The lowest BCUT2D eigenvalue weighted by molar-refractivity contribution is 0.0408. The summed E-state index contributed by atoms with van der Waals surface area (Å²) in [5.41, 5.74) is 0. The van der Waals surface area contributed by atoms with E-state index in [4.69, 9.17) is 9.15 Å². The molecule has 3 rings (SSSR count). The van der Waals surface area contributed by atoms with Crippen LogP contribution in [-0.2, 0) is 11.3 Å². The minimum atomic E-state index is -0.568. The van der Waals surface area contributed by atoms with Crippen molar-refractivity contribution in [3.63, 3.8) is 0 Å². The molecule has 1 atom stereocenters. The highest BCUT2D eigenvalue weighted by Gasteiger charge is 2.12. The summed E-state index contributed by atoms with van der Waals surface area (Å²) < 4.78 is 11.0. The average molecular weight is 354 g/mol. The maximum Gasteiger partial charge on any atom is 0.276 e. The summed E-state index contributed by atoms with van der Waals surface area (Å²) >= 11 is 4.52. The van der Waals surface area contributed by atoms with Gasteiger partial charge in [0, 0.05) is 10.6 Å². The van der Waals surface area contributed by atoms with Gasteiger partial charge in [-0.05, 0) is 22.9 Å². The van der Waals surface area contributed by atoms with Crippen LogP contribution in [0, 0.1) is 0 Å². The molecule has 0 bridgehead atoms. The number of thiophene rings is 2. The van der Waals surface area contributed by atoms with Gasteiger partial charge in [0.15, 0.2) is 0 Å². The summed E-state index contributed by atoms with van der Waals surface area (Å²) in [5, 5.41) is 22.3. The molecular weight excluding hydrogens is 340 g/mol. The molecule has 0 aromatic carbocycles. The quantitative estimate of drug-likeness (QED) is 0.624. The van der Waals surface area contributed by atoms with Crippen molar-refractivity contribution in [1.29, 1.82) is 0 Å². The Balaban J connectivity index is 1.40. The van der Waals surface area contributed by atoms with Gasteiger partial charge >= 0.3 is 0 Å². The number of thioether (sulfide) groups is 1. The Hall–Kier alpha value is -1.19. The molecule has 3 aromatic heterocycles. The second-order valence-corrected chi connectivity index (χ2v) is 7.36. The molecule has 3 aromatic rings. The van der Waals surface area contributed by atoms with E-state index >= 15 is 0 Å². The minimum absolute atomic E-state index is 0.289. The third-order valence-electron chi connectivity index (χ3n) is 2.67. The van der Waals surface area contributed by atoms with Crippen LogP contribution < -0.4 is 0 Å². The van der Waals surface area contributed by atoms with E-state index in [1.54, 1.807) is 22.7 Å². The highest BCUT2D eigenvalue weighted by atomic mass is 32.2. The van der Waals surface area contributed by atoms with Crippen LogP contribution in [0.25, 0.3) is 10.8 Å². The minimum Gasteiger partial charge on any atom is -0.410 e. The second-order valence-electron chi connectivity index (χ2n) is 4.41. The number of aliphatic hydroxyl groups excluding tert-OH is 1. The first kappa shape index (κ1) is 15.7. The van der Waals surface area contributed by atoms with Gasteiger partial charge in [0.1, 0.15) is 0 Å². The van der Waals surface area contributed by atoms with Gasteiger partial charge in [0.05, 0.1) is 24.2 Å². The van der Waals surface area contributed by atoms with Gasteiger partial charge in [0.2, 0.25) is 0 Å². The first-order chi connectivity index (χ1) is 10.8. The number of hydrogen-bond donors (Lipinski definition) is 1. The van der Waals surface area contributed by atoms with Gasteiger partial charge in [-0.2, -0.15) is 0 Å². The standard InChI is InChI=1S/C14H14N2O3S3/c17-10(7-18-8-11-3-1-5-20-11)9-22-14-16-15-13(19-14)12-4-2-6-21-12/h1-6,10,17H,7-9H2. The van der Waals surface area contributed by atoms with Crippen LogP contribution >= 0.6 is 34.4 Å². The molecule has 0 aliphatic carbocycles. The molecule has 0 saturated heterocycles. The highest BCUT2D eigenvalue weighted by Crippen LogP contribution is 2.26. The second kappa shape index (κ2) is 7.89. The Morgan fingerprint density at radius 2 is 2.09 bits per heavy atom. The summed E-state index contributed by atoms with van der Waals surface area (Å²) in [6, 6.07) is 7.86. The number of aromatic nitrogens is 2. The molecular formula is C14H14N2O3S3. The SMILES string of the molecule is OC(COCc1cccs1)CSc1nnc(-c2cccs2)o1. The van der Waals surface area contributed by atoms with Gasteiger partial charge in [0.25, 0.3) is 11.1 Å². The largest absolute Gasteiger partial charge is 0.410 e. The van der Waals surface area contributed by atoms with E-state index in [9.17, 15) is 5.11 Å². The van der Waals surface area contributed by atoms with Crippen molar-refractivity contribution >= 4 is 34.4 Å². The van der Waals surface area contributed by atoms with Gasteiger partial charge in [-0.15, -0.1) is 32.9 Å². The van der Waals surface area contributed by atoms with E-state index in [0.29, 0.717) is 23.5 Å². The number of hydrogen-bond acceptors (Lipinski definition) is 8. The molecule has 0 aliphatic rings. The van der Waals surface area contributed by atoms with E-state index in [1.807, 2.05) is 35.0 Å². The van der Waals surface area contributed by atoms with Crippen molar-refractivity contribution in [2.75, 3.05) is 12.4 Å². The molecule has 0 spiro atoms. The fourth-order valence-electron chi connectivity index (χ4n) is 1.67. The maximum atomic E-state index is 9.90. The molecule has 8 heteroatoms. The van der Waals surface area contributed by atoms with Crippen LogP contribution in [0.5, 0.6) is 0 Å². The monoisotopic (exact) mass is 354 g/mol. The topological polar surface area (TPSA) is 68.4 Å². The lowest BCUT2D eigenvalue weighted by Crippen LogP contribution is -2.17. The molecule has 0 saturated carbocycles. The van der Waals surface area contributed by atoms with Gasteiger partial charge in [-0.1, -0.05) is 23.9 Å². The molecule has 1 N–H and O–H groups in total. The molecule has 0 aliphatic heterocycles. The maximum absolute atomic E-state index is 9.90.